The van der Waals surface area contributed by atoms with Crippen molar-refractivity contribution in [2.75, 3.05) is 6.54 Å². The largest absolute Gasteiger partial charge is 0.488 e. The molecule has 4 heteroatoms. The molecule has 0 spiro atoms. The van der Waals surface area contributed by atoms with Gasteiger partial charge in [-0.2, -0.15) is 0 Å². The zero-order chi connectivity index (χ0) is 13.9. The van der Waals surface area contributed by atoms with E-state index in [1.807, 2.05) is 12.3 Å². The summed E-state index contributed by atoms with van der Waals surface area (Å²) >= 11 is 0. The maximum atomic E-state index is 6.03. The number of nitrogens with zero attached hydrogens (tertiary/aromatic N) is 2. The maximum absolute atomic E-state index is 6.03. The fourth-order valence-corrected chi connectivity index (χ4v) is 2.72. The van der Waals surface area contributed by atoms with Gasteiger partial charge in [0.15, 0.2) is 0 Å². The third-order valence-electron chi connectivity index (χ3n) is 3.79. The number of fused-ring (bicyclic) bond motifs is 1. The van der Waals surface area contributed by atoms with E-state index in [9.17, 15) is 0 Å². The Morgan fingerprint density at radius 1 is 1.40 bits per heavy atom. The second-order valence-electron chi connectivity index (χ2n) is 5.24. The normalized spacial score (nSPS) is 17.0. The van der Waals surface area contributed by atoms with E-state index in [4.69, 9.17) is 4.74 Å². The van der Waals surface area contributed by atoms with Crippen LogP contribution in [0.5, 0.6) is 5.75 Å². The second-order valence-corrected chi connectivity index (χ2v) is 5.24. The van der Waals surface area contributed by atoms with Gasteiger partial charge in [-0.25, -0.2) is 4.98 Å². The molecule has 0 aliphatic carbocycles. The molecule has 1 unspecified atom stereocenters. The monoisotopic (exact) mass is 271 g/mol. The van der Waals surface area contributed by atoms with Crippen molar-refractivity contribution in [3.05, 3.63) is 47.5 Å². The van der Waals surface area contributed by atoms with Crippen molar-refractivity contribution in [2.24, 2.45) is 0 Å². The third kappa shape index (κ3) is 2.56. The maximum Gasteiger partial charge on any atom is 0.123 e. The third-order valence-corrected chi connectivity index (χ3v) is 3.79. The van der Waals surface area contributed by atoms with Crippen LogP contribution in [0.15, 0.2) is 30.5 Å². The van der Waals surface area contributed by atoms with Crippen molar-refractivity contribution < 1.29 is 4.74 Å². The highest BCUT2D eigenvalue weighted by Gasteiger charge is 2.23. The molecule has 2 heterocycles. The summed E-state index contributed by atoms with van der Waals surface area (Å²) in [5, 5.41) is 3.36. The zero-order valence-corrected chi connectivity index (χ0v) is 12.1. The highest BCUT2D eigenvalue weighted by Crippen LogP contribution is 2.29. The molecule has 0 saturated carbocycles. The highest BCUT2D eigenvalue weighted by atomic mass is 16.5. The summed E-state index contributed by atoms with van der Waals surface area (Å²) in [6, 6.07) is 8.30. The van der Waals surface area contributed by atoms with Crippen LogP contribution in [0.3, 0.4) is 0 Å². The van der Waals surface area contributed by atoms with E-state index in [0.29, 0.717) is 0 Å². The Hall–Kier alpha value is -1.81. The molecule has 0 fully saturated rings. The van der Waals surface area contributed by atoms with Gasteiger partial charge in [0, 0.05) is 19.2 Å². The first kappa shape index (κ1) is 13.2. The molecule has 0 saturated heterocycles. The topological polar surface area (TPSA) is 39.1 Å². The number of aryl methyl sites for hydroxylation is 1. The van der Waals surface area contributed by atoms with Crippen LogP contribution in [0, 0.1) is 6.92 Å². The SMILES string of the molecule is CCNCc1cnc(C)n1CC1Cc2ccccc2O1. The molecule has 1 aliphatic rings. The smallest absolute Gasteiger partial charge is 0.123 e. The van der Waals surface area contributed by atoms with Gasteiger partial charge in [-0.15, -0.1) is 0 Å². The molecule has 2 aromatic rings. The summed E-state index contributed by atoms with van der Waals surface area (Å²) in [6.45, 7) is 6.86. The molecule has 1 aliphatic heterocycles. The molecule has 0 amide bonds. The predicted molar refractivity (Wildman–Crippen MR) is 78.9 cm³/mol. The number of benzene rings is 1. The lowest BCUT2D eigenvalue weighted by Gasteiger charge is -2.15. The fraction of sp³-hybridized carbons (Fsp3) is 0.438. The lowest BCUT2D eigenvalue weighted by atomic mass is 10.1. The van der Waals surface area contributed by atoms with Crippen molar-refractivity contribution in [3.8, 4) is 5.75 Å². The Bertz CT molecular complexity index is 566. The quantitative estimate of drug-likeness (QED) is 0.907. The number of imidazole rings is 1. The molecule has 4 nitrogen and oxygen atoms in total. The van der Waals surface area contributed by atoms with Crippen molar-refractivity contribution in [2.45, 2.75) is 39.5 Å². The first-order chi connectivity index (χ1) is 9.78. The van der Waals surface area contributed by atoms with Crippen molar-refractivity contribution >= 4 is 0 Å². The van der Waals surface area contributed by atoms with Crippen LogP contribution in [0.1, 0.15) is 24.0 Å². The number of ether oxygens (including phenoxy) is 1. The average Bonchev–Trinajstić information content (AvgIpc) is 3.01. The van der Waals surface area contributed by atoms with Gasteiger partial charge in [0.1, 0.15) is 17.7 Å². The lowest BCUT2D eigenvalue weighted by molar-refractivity contribution is 0.206. The minimum absolute atomic E-state index is 0.209. The second kappa shape index (κ2) is 5.67. The highest BCUT2D eigenvalue weighted by molar-refractivity contribution is 5.37. The lowest BCUT2D eigenvalue weighted by Crippen LogP contribution is -2.24. The molecule has 0 bridgehead atoms. The fourth-order valence-electron chi connectivity index (χ4n) is 2.72. The number of rotatable bonds is 5. The van der Waals surface area contributed by atoms with E-state index in [-0.39, 0.29) is 6.10 Å². The molecular formula is C16H21N3O. The van der Waals surface area contributed by atoms with E-state index >= 15 is 0 Å². The average molecular weight is 271 g/mol. The first-order valence-corrected chi connectivity index (χ1v) is 7.24. The van der Waals surface area contributed by atoms with E-state index in [0.717, 1.165) is 37.6 Å². The molecule has 106 valence electrons. The van der Waals surface area contributed by atoms with Gasteiger partial charge in [-0.1, -0.05) is 25.1 Å². The predicted octanol–water partition coefficient (Wildman–Crippen LogP) is 2.30. The van der Waals surface area contributed by atoms with Crippen molar-refractivity contribution in [1.82, 2.24) is 14.9 Å². The summed E-state index contributed by atoms with van der Waals surface area (Å²) in [4.78, 5) is 4.43. The number of hydrogen-bond donors (Lipinski definition) is 1. The van der Waals surface area contributed by atoms with Gasteiger partial charge < -0.3 is 14.6 Å². The minimum atomic E-state index is 0.209. The summed E-state index contributed by atoms with van der Waals surface area (Å²) in [6.07, 6.45) is 3.15. The van der Waals surface area contributed by atoms with Crippen LogP contribution in [0.4, 0.5) is 0 Å². The molecule has 1 N–H and O–H groups in total. The Kier molecular flexibility index (Phi) is 3.74. The van der Waals surface area contributed by atoms with Crippen LogP contribution in [0.25, 0.3) is 0 Å². The Morgan fingerprint density at radius 3 is 3.05 bits per heavy atom. The Labute approximate surface area is 119 Å². The molecular weight excluding hydrogens is 250 g/mol. The number of para-hydroxylation sites is 1. The van der Waals surface area contributed by atoms with E-state index < -0.39 is 0 Å². The van der Waals surface area contributed by atoms with Crippen LogP contribution in [0.2, 0.25) is 0 Å². The minimum Gasteiger partial charge on any atom is -0.488 e. The molecule has 1 aromatic heterocycles. The van der Waals surface area contributed by atoms with Crippen LogP contribution >= 0.6 is 0 Å². The van der Waals surface area contributed by atoms with Gasteiger partial charge in [0.05, 0.1) is 12.2 Å². The summed E-state index contributed by atoms with van der Waals surface area (Å²) in [5.74, 6) is 2.08. The van der Waals surface area contributed by atoms with E-state index in [1.165, 1.54) is 11.3 Å². The zero-order valence-electron chi connectivity index (χ0n) is 12.1. The van der Waals surface area contributed by atoms with Crippen molar-refractivity contribution in [1.29, 1.82) is 0 Å². The van der Waals surface area contributed by atoms with Crippen LogP contribution < -0.4 is 10.1 Å². The van der Waals surface area contributed by atoms with E-state index in [2.05, 4.69) is 46.9 Å². The summed E-state index contributed by atoms with van der Waals surface area (Å²) < 4.78 is 8.29. The van der Waals surface area contributed by atoms with Gasteiger partial charge >= 0.3 is 0 Å². The van der Waals surface area contributed by atoms with Crippen LogP contribution in [-0.2, 0) is 19.5 Å². The van der Waals surface area contributed by atoms with Gasteiger partial charge in [0.2, 0.25) is 0 Å². The Balaban J connectivity index is 1.72. The van der Waals surface area contributed by atoms with Gasteiger partial charge in [0.25, 0.3) is 0 Å². The standard InChI is InChI=1S/C16H21N3O/c1-3-17-9-14-10-18-12(2)19(14)11-15-8-13-6-4-5-7-16(13)20-15/h4-7,10,15,17H,3,8-9,11H2,1-2H3. The summed E-state index contributed by atoms with van der Waals surface area (Å²) in [7, 11) is 0. The van der Waals surface area contributed by atoms with Gasteiger partial charge in [-0.05, 0) is 25.1 Å². The number of aromatic nitrogens is 2. The molecule has 1 aromatic carbocycles. The van der Waals surface area contributed by atoms with Gasteiger partial charge in [-0.3, -0.25) is 0 Å². The van der Waals surface area contributed by atoms with Crippen molar-refractivity contribution in [3.63, 3.8) is 0 Å². The molecule has 1 atom stereocenters. The van der Waals surface area contributed by atoms with Crippen LogP contribution in [-0.4, -0.2) is 22.2 Å². The molecule has 0 radical (unpaired) electrons. The Morgan fingerprint density at radius 2 is 2.25 bits per heavy atom. The van der Waals surface area contributed by atoms with E-state index in [1.54, 1.807) is 0 Å². The molecule has 20 heavy (non-hydrogen) atoms. The number of hydrogen-bond acceptors (Lipinski definition) is 3. The summed E-state index contributed by atoms with van der Waals surface area (Å²) in [5.41, 5.74) is 2.53. The molecule has 3 rings (SSSR count). The number of nitrogens with one attached hydrogen (secondary N) is 1. The first-order valence-electron chi connectivity index (χ1n) is 7.24.